The van der Waals surface area contributed by atoms with Crippen molar-refractivity contribution in [2.24, 2.45) is 18.2 Å². The Morgan fingerprint density at radius 2 is 2.28 bits per heavy atom. The summed E-state index contributed by atoms with van der Waals surface area (Å²) in [5, 5.41) is 15.3. The van der Waals surface area contributed by atoms with Crippen LogP contribution in [-0.2, 0) is 13.5 Å². The van der Waals surface area contributed by atoms with Crippen molar-refractivity contribution >= 4 is 11.6 Å². The fraction of sp³-hybridized carbons (Fsp3) is 0.769. The quantitative estimate of drug-likeness (QED) is 0.881. The molecule has 2 unspecified atom stereocenters. The smallest absolute Gasteiger partial charge is 0.130 e. The van der Waals surface area contributed by atoms with Crippen molar-refractivity contribution in [2.75, 3.05) is 6.54 Å². The molecule has 0 aliphatic heterocycles. The van der Waals surface area contributed by atoms with E-state index in [2.05, 4.69) is 5.10 Å². The number of aliphatic hydroxyl groups is 1. The summed E-state index contributed by atoms with van der Waals surface area (Å²) in [5.74, 6) is 0. The van der Waals surface area contributed by atoms with Crippen LogP contribution >= 0.6 is 11.6 Å². The Balaban J connectivity index is 2.29. The second kappa shape index (κ2) is 5.19. The molecule has 3 N–H and O–H groups in total. The zero-order chi connectivity index (χ0) is 13.3. The average molecular weight is 272 g/mol. The molecule has 1 heterocycles. The number of nitrogens with two attached hydrogens (primary N) is 1. The molecule has 1 saturated carbocycles. The molecule has 1 aliphatic carbocycles. The lowest BCUT2D eigenvalue weighted by molar-refractivity contribution is -0.00592. The van der Waals surface area contributed by atoms with E-state index < -0.39 is 0 Å². The number of nitrogens with zero attached hydrogens (tertiary/aromatic N) is 2. The van der Waals surface area contributed by atoms with Gasteiger partial charge in [0.1, 0.15) is 5.15 Å². The number of aromatic nitrogens is 2. The van der Waals surface area contributed by atoms with Crippen molar-refractivity contribution in [3.8, 4) is 0 Å². The topological polar surface area (TPSA) is 64.1 Å². The van der Waals surface area contributed by atoms with Gasteiger partial charge >= 0.3 is 0 Å². The molecule has 0 aromatic carbocycles. The van der Waals surface area contributed by atoms with Crippen molar-refractivity contribution in [1.82, 2.24) is 9.78 Å². The number of rotatable bonds is 3. The van der Waals surface area contributed by atoms with Gasteiger partial charge in [0.15, 0.2) is 0 Å². The van der Waals surface area contributed by atoms with Crippen LogP contribution in [0.3, 0.4) is 0 Å². The first-order chi connectivity index (χ1) is 8.50. The standard InChI is InChI=1S/C13H22ClN3O/c1-9-10(12(14)17(2)16-9)7-13(8-15)6-4-3-5-11(13)18/h11,18H,3-8,15H2,1-2H3. The van der Waals surface area contributed by atoms with E-state index >= 15 is 0 Å². The molecule has 2 atom stereocenters. The molecular weight excluding hydrogens is 250 g/mol. The Labute approximate surface area is 113 Å². The van der Waals surface area contributed by atoms with Crippen LogP contribution in [0.25, 0.3) is 0 Å². The lowest BCUT2D eigenvalue weighted by Gasteiger charge is -2.41. The van der Waals surface area contributed by atoms with Crippen LogP contribution in [0.5, 0.6) is 0 Å². The van der Waals surface area contributed by atoms with Gasteiger partial charge in [-0.05, 0) is 26.2 Å². The minimum Gasteiger partial charge on any atom is -0.392 e. The highest BCUT2D eigenvalue weighted by atomic mass is 35.5. The van der Waals surface area contributed by atoms with Crippen LogP contribution in [0.2, 0.25) is 5.15 Å². The lowest BCUT2D eigenvalue weighted by Crippen LogP contribution is -2.45. The molecule has 1 aromatic rings. The second-order valence-electron chi connectivity index (χ2n) is 5.48. The highest BCUT2D eigenvalue weighted by Gasteiger charge is 2.40. The summed E-state index contributed by atoms with van der Waals surface area (Å²) in [7, 11) is 1.84. The Morgan fingerprint density at radius 1 is 1.56 bits per heavy atom. The molecule has 102 valence electrons. The monoisotopic (exact) mass is 271 g/mol. The first-order valence-electron chi connectivity index (χ1n) is 6.56. The third-order valence-electron chi connectivity index (χ3n) is 4.31. The van der Waals surface area contributed by atoms with Gasteiger partial charge in [0.25, 0.3) is 0 Å². The highest BCUT2D eigenvalue weighted by Crippen LogP contribution is 2.40. The van der Waals surface area contributed by atoms with Gasteiger partial charge in [0.05, 0.1) is 11.8 Å². The van der Waals surface area contributed by atoms with Gasteiger partial charge in [-0.3, -0.25) is 4.68 Å². The summed E-state index contributed by atoms with van der Waals surface area (Å²) in [5.41, 5.74) is 7.70. The molecule has 1 fully saturated rings. The summed E-state index contributed by atoms with van der Waals surface area (Å²) in [6, 6.07) is 0. The number of hydrogen-bond donors (Lipinski definition) is 2. The molecule has 2 rings (SSSR count). The van der Waals surface area contributed by atoms with E-state index in [-0.39, 0.29) is 11.5 Å². The van der Waals surface area contributed by atoms with Crippen LogP contribution in [0.15, 0.2) is 0 Å². The largest absolute Gasteiger partial charge is 0.392 e. The minimum absolute atomic E-state index is 0.227. The Hall–Kier alpha value is -0.580. The fourth-order valence-corrected chi connectivity index (χ4v) is 3.27. The van der Waals surface area contributed by atoms with Crippen LogP contribution in [0.4, 0.5) is 0 Å². The maximum atomic E-state index is 10.3. The van der Waals surface area contributed by atoms with Crippen molar-refractivity contribution < 1.29 is 5.11 Å². The van der Waals surface area contributed by atoms with Crippen molar-refractivity contribution in [3.05, 3.63) is 16.4 Å². The minimum atomic E-state index is -0.327. The normalized spacial score (nSPS) is 28.6. The SMILES string of the molecule is Cc1nn(C)c(Cl)c1CC1(CN)CCCCC1O. The third-order valence-corrected chi connectivity index (χ3v) is 4.79. The average Bonchev–Trinajstić information content (AvgIpc) is 2.59. The molecule has 0 spiro atoms. The van der Waals surface area contributed by atoms with E-state index in [4.69, 9.17) is 17.3 Å². The number of aryl methyl sites for hydroxylation is 2. The Kier molecular flexibility index (Phi) is 3.99. The van der Waals surface area contributed by atoms with Crippen molar-refractivity contribution in [3.63, 3.8) is 0 Å². The summed E-state index contributed by atoms with van der Waals surface area (Å²) in [4.78, 5) is 0. The summed E-state index contributed by atoms with van der Waals surface area (Å²) < 4.78 is 1.69. The van der Waals surface area contributed by atoms with E-state index in [0.717, 1.165) is 43.4 Å². The maximum Gasteiger partial charge on any atom is 0.130 e. The molecule has 0 radical (unpaired) electrons. The first kappa shape index (κ1) is 13.8. The van der Waals surface area contributed by atoms with Crippen LogP contribution in [-0.4, -0.2) is 27.5 Å². The summed E-state index contributed by atoms with van der Waals surface area (Å²) in [6.07, 6.45) is 4.42. The lowest BCUT2D eigenvalue weighted by atomic mass is 9.68. The van der Waals surface area contributed by atoms with Gasteiger partial charge in [-0.15, -0.1) is 0 Å². The molecule has 5 heteroatoms. The van der Waals surface area contributed by atoms with Gasteiger partial charge in [-0.1, -0.05) is 24.4 Å². The zero-order valence-corrected chi connectivity index (χ0v) is 11.9. The summed E-state index contributed by atoms with van der Waals surface area (Å²) in [6.45, 7) is 2.46. The van der Waals surface area contributed by atoms with E-state index in [9.17, 15) is 5.11 Å². The van der Waals surface area contributed by atoms with Gasteiger partial charge in [0.2, 0.25) is 0 Å². The molecule has 4 nitrogen and oxygen atoms in total. The highest BCUT2D eigenvalue weighted by molar-refractivity contribution is 6.30. The number of hydrogen-bond acceptors (Lipinski definition) is 3. The van der Waals surface area contributed by atoms with Crippen molar-refractivity contribution in [1.29, 1.82) is 0 Å². The molecule has 0 saturated heterocycles. The molecule has 1 aromatic heterocycles. The molecule has 1 aliphatic rings. The van der Waals surface area contributed by atoms with Gasteiger partial charge in [-0.25, -0.2) is 0 Å². The van der Waals surface area contributed by atoms with Gasteiger partial charge in [0, 0.05) is 24.6 Å². The fourth-order valence-electron chi connectivity index (χ4n) is 3.03. The van der Waals surface area contributed by atoms with E-state index in [1.165, 1.54) is 0 Å². The van der Waals surface area contributed by atoms with Crippen LogP contribution in [0.1, 0.15) is 36.9 Å². The number of aliphatic hydroxyl groups excluding tert-OH is 1. The molecule has 0 bridgehead atoms. The zero-order valence-electron chi connectivity index (χ0n) is 11.1. The maximum absolute atomic E-state index is 10.3. The number of halogens is 1. The summed E-state index contributed by atoms with van der Waals surface area (Å²) >= 11 is 6.28. The Bertz CT molecular complexity index is 432. The first-order valence-corrected chi connectivity index (χ1v) is 6.94. The second-order valence-corrected chi connectivity index (χ2v) is 5.84. The predicted octanol–water partition coefficient (Wildman–Crippen LogP) is 1.80. The van der Waals surface area contributed by atoms with E-state index in [1.54, 1.807) is 4.68 Å². The third kappa shape index (κ3) is 2.29. The molecular formula is C13H22ClN3O. The van der Waals surface area contributed by atoms with Crippen molar-refractivity contribution in [2.45, 2.75) is 45.1 Å². The van der Waals surface area contributed by atoms with Gasteiger partial charge in [-0.2, -0.15) is 5.10 Å². The molecule has 18 heavy (non-hydrogen) atoms. The van der Waals surface area contributed by atoms with Gasteiger partial charge < -0.3 is 10.8 Å². The Morgan fingerprint density at radius 3 is 2.78 bits per heavy atom. The van der Waals surface area contributed by atoms with E-state index in [1.807, 2.05) is 14.0 Å². The predicted molar refractivity (Wildman–Crippen MR) is 72.6 cm³/mol. The van der Waals surface area contributed by atoms with E-state index in [0.29, 0.717) is 11.7 Å². The van der Waals surface area contributed by atoms with Crippen LogP contribution < -0.4 is 5.73 Å². The van der Waals surface area contributed by atoms with Crippen LogP contribution in [0, 0.1) is 12.3 Å². The molecule has 0 amide bonds.